The van der Waals surface area contributed by atoms with Crippen LogP contribution in [0.25, 0.3) is 0 Å². The number of fused-ring (bicyclic) bond motifs is 2. The molecule has 3 rings (SSSR count). The maximum atomic E-state index is 12.7. The number of hydrogen-bond acceptors (Lipinski definition) is 3. The van der Waals surface area contributed by atoms with Gasteiger partial charge in [0, 0.05) is 23.7 Å². The fraction of sp³-hybridized carbons (Fsp3) is 0.941. The molecule has 3 aliphatic rings. The van der Waals surface area contributed by atoms with E-state index < -0.39 is 0 Å². The number of piperidine rings is 2. The van der Waals surface area contributed by atoms with Crippen molar-refractivity contribution in [2.45, 2.75) is 88.4 Å². The number of carbonyl (C=O) groups excluding carboxylic acids is 1. The third kappa shape index (κ3) is 3.11. The van der Waals surface area contributed by atoms with Crippen molar-refractivity contribution in [2.24, 2.45) is 11.7 Å². The molecule has 3 fully saturated rings. The normalized spacial score (nSPS) is 44.3. The summed E-state index contributed by atoms with van der Waals surface area (Å²) in [6, 6.07) is 1.69. The van der Waals surface area contributed by atoms with E-state index in [1.807, 2.05) is 0 Å². The van der Waals surface area contributed by atoms with Crippen molar-refractivity contribution in [1.29, 1.82) is 0 Å². The van der Waals surface area contributed by atoms with Gasteiger partial charge in [-0.2, -0.15) is 0 Å². The van der Waals surface area contributed by atoms with Gasteiger partial charge in [0.2, 0.25) is 5.91 Å². The fourth-order valence-corrected chi connectivity index (χ4v) is 4.82. The van der Waals surface area contributed by atoms with Gasteiger partial charge < -0.3 is 16.0 Å². The molecule has 0 aromatic heterocycles. The van der Waals surface area contributed by atoms with Crippen molar-refractivity contribution in [3.63, 3.8) is 0 Å². The number of amides is 1. The molecule has 1 amide bonds. The number of nitrogens with two attached hydrogens (primary N) is 1. The summed E-state index contributed by atoms with van der Waals surface area (Å²) in [5, 5.41) is 3.35. The van der Waals surface area contributed by atoms with E-state index in [1.165, 1.54) is 19.3 Å². The molecule has 4 nitrogen and oxygen atoms in total. The molecule has 2 heterocycles. The van der Waals surface area contributed by atoms with Crippen LogP contribution in [0.15, 0.2) is 0 Å². The standard InChI is InChI=1S/C17H31N3O/c1-17(18)9-4-3-8-15(17)16(21)19-12-10-13-6-5-7-14(11-12)20(13)2/h12-15H,3-11,18H2,1-2H3,(H,19,21). The Balaban J connectivity index is 1.60. The van der Waals surface area contributed by atoms with Gasteiger partial charge in [-0.3, -0.25) is 4.79 Å². The van der Waals surface area contributed by atoms with Gasteiger partial charge in [0.05, 0.1) is 5.92 Å². The van der Waals surface area contributed by atoms with Gasteiger partial charge in [-0.25, -0.2) is 0 Å². The summed E-state index contributed by atoms with van der Waals surface area (Å²) in [4.78, 5) is 15.2. The lowest BCUT2D eigenvalue weighted by molar-refractivity contribution is -0.129. The van der Waals surface area contributed by atoms with Crippen molar-refractivity contribution >= 4 is 5.91 Å². The highest BCUT2D eigenvalue weighted by Crippen LogP contribution is 2.34. The Bertz CT molecular complexity index is 381. The predicted octanol–water partition coefficient (Wildman–Crippen LogP) is 2.03. The second-order valence-corrected chi connectivity index (χ2v) is 7.89. The van der Waals surface area contributed by atoms with Crippen LogP contribution in [-0.4, -0.2) is 41.5 Å². The highest BCUT2D eigenvalue weighted by atomic mass is 16.2. The van der Waals surface area contributed by atoms with Crippen molar-refractivity contribution in [1.82, 2.24) is 10.2 Å². The number of carbonyl (C=O) groups is 1. The molecule has 4 atom stereocenters. The van der Waals surface area contributed by atoms with Gasteiger partial charge in [0.25, 0.3) is 0 Å². The Kier molecular flexibility index (Phi) is 4.28. The highest BCUT2D eigenvalue weighted by Gasteiger charge is 2.41. The molecule has 120 valence electrons. The smallest absolute Gasteiger partial charge is 0.225 e. The van der Waals surface area contributed by atoms with Gasteiger partial charge >= 0.3 is 0 Å². The van der Waals surface area contributed by atoms with Crippen LogP contribution >= 0.6 is 0 Å². The molecule has 2 aliphatic heterocycles. The van der Waals surface area contributed by atoms with Crippen LogP contribution in [0.3, 0.4) is 0 Å². The Labute approximate surface area is 128 Å². The van der Waals surface area contributed by atoms with Gasteiger partial charge in [-0.05, 0) is 52.5 Å². The Morgan fingerprint density at radius 3 is 2.43 bits per heavy atom. The average Bonchev–Trinajstić information content (AvgIpc) is 2.39. The molecule has 4 unspecified atom stereocenters. The van der Waals surface area contributed by atoms with Gasteiger partial charge in [-0.15, -0.1) is 0 Å². The molecule has 0 radical (unpaired) electrons. The molecule has 0 aromatic carbocycles. The first-order chi connectivity index (χ1) is 9.97. The van der Waals surface area contributed by atoms with Crippen molar-refractivity contribution in [3.8, 4) is 0 Å². The molecule has 21 heavy (non-hydrogen) atoms. The number of rotatable bonds is 2. The van der Waals surface area contributed by atoms with E-state index in [4.69, 9.17) is 5.73 Å². The summed E-state index contributed by atoms with van der Waals surface area (Å²) in [7, 11) is 2.25. The molecular weight excluding hydrogens is 262 g/mol. The molecule has 1 saturated carbocycles. The van der Waals surface area contributed by atoms with Crippen LogP contribution in [0.5, 0.6) is 0 Å². The first-order valence-corrected chi connectivity index (χ1v) is 8.78. The summed E-state index contributed by atoms with van der Waals surface area (Å²) in [6.07, 6.45) is 10.4. The van der Waals surface area contributed by atoms with Crippen molar-refractivity contribution in [2.75, 3.05) is 7.05 Å². The Hall–Kier alpha value is -0.610. The Morgan fingerprint density at radius 2 is 1.81 bits per heavy atom. The van der Waals surface area contributed by atoms with Crippen LogP contribution in [0.4, 0.5) is 0 Å². The Morgan fingerprint density at radius 1 is 1.14 bits per heavy atom. The number of hydrogen-bond donors (Lipinski definition) is 2. The first kappa shape index (κ1) is 15.3. The van der Waals surface area contributed by atoms with Gasteiger partial charge in [0.15, 0.2) is 0 Å². The van der Waals surface area contributed by atoms with Crippen LogP contribution in [0.1, 0.15) is 64.7 Å². The minimum absolute atomic E-state index is 0.00532. The molecular formula is C17H31N3O. The predicted molar refractivity (Wildman–Crippen MR) is 84.9 cm³/mol. The van der Waals surface area contributed by atoms with Crippen molar-refractivity contribution < 1.29 is 4.79 Å². The minimum Gasteiger partial charge on any atom is -0.353 e. The first-order valence-electron chi connectivity index (χ1n) is 8.78. The molecule has 0 aromatic rings. The summed E-state index contributed by atoms with van der Waals surface area (Å²) in [5.41, 5.74) is 6.06. The van der Waals surface area contributed by atoms with Gasteiger partial charge in [0.1, 0.15) is 0 Å². The monoisotopic (exact) mass is 293 g/mol. The summed E-state index contributed by atoms with van der Waals surface area (Å²) in [5.74, 6) is 0.220. The molecule has 1 aliphatic carbocycles. The second-order valence-electron chi connectivity index (χ2n) is 7.89. The molecule has 2 bridgehead atoms. The van der Waals surface area contributed by atoms with Crippen LogP contribution in [0.2, 0.25) is 0 Å². The average molecular weight is 293 g/mol. The van der Waals surface area contributed by atoms with E-state index in [0.717, 1.165) is 38.5 Å². The van der Waals surface area contributed by atoms with Crippen molar-refractivity contribution in [3.05, 3.63) is 0 Å². The quantitative estimate of drug-likeness (QED) is 0.819. The SMILES string of the molecule is CN1C2CCCC1CC(NC(=O)C1CCCCC1(C)N)C2. The fourth-order valence-electron chi connectivity index (χ4n) is 4.82. The third-order valence-corrected chi connectivity index (χ3v) is 6.26. The van der Waals surface area contributed by atoms with E-state index in [-0.39, 0.29) is 17.4 Å². The largest absolute Gasteiger partial charge is 0.353 e. The summed E-state index contributed by atoms with van der Waals surface area (Å²) >= 11 is 0. The summed E-state index contributed by atoms with van der Waals surface area (Å²) in [6.45, 7) is 2.06. The molecule has 2 saturated heterocycles. The van der Waals surface area contributed by atoms with E-state index >= 15 is 0 Å². The topological polar surface area (TPSA) is 58.4 Å². The lowest BCUT2D eigenvalue weighted by Crippen LogP contribution is -2.58. The lowest BCUT2D eigenvalue weighted by atomic mass is 9.74. The van der Waals surface area contributed by atoms with E-state index in [2.05, 4.69) is 24.2 Å². The zero-order valence-electron chi connectivity index (χ0n) is 13.6. The van der Waals surface area contributed by atoms with Crippen LogP contribution in [0, 0.1) is 5.92 Å². The van der Waals surface area contributed by atoms with Crippen LogP contribution in [-0.2, 0) is 4.79 Å². The maximum Gasteiger partial charge on any atom is 0.225 e. The zero-order valence-corrected chi connectivity index (χ0v) is 13.6. The van der Waals surface area contributed by atoms with Gasteiger partial charge in [-0.1, -0.05) is 19.3 Å². The third-order valence-electron chi connectivity index (χ3n) is 6.26. The second kappa shape index (κ2) is 5.88. The molecule has 3 N–H and O–H groups in total. The maximum absolute atomic E-state index is 12.7. The van der Waals surface area contributed by atoms with E-state index in [1.54, 1.807) is 0 Å². The number of nitrogens with zero attached hydrogens (tertiary/aromatic N) is 1. The minimum atomic E-state index is -0.316. The van der Waals surface area contributed by atoms with E-state index in [0.29, 0.717) is 18.1 Å². The summed E-state index contributed by atoms with van der Waals surface area (Å²) < 4.78 is 0. The number of nitrogens with one attached hydrogen (secondary N) is 1. The highest BCUT2D eigenvalue weighted by molar-refractivity contribution is 5.80. The van der Waals surface area contributed by atoms with Crippen LogP contribution < -0.4 is 11.1 Å². The zero-order chi connectivity index (χ0) is 15.0. The lowest BCUT2D eigenvalue weighted by Gasteiger charge is -2.47. The van der Waals surface area contributed by atoms with E-state index in [9.17, 15) is 4.79 Å². The molecule has 0 spiro atoms. The molecule has 4 heteroatoms.